The number of rotatable bonds is 4. The van der Waals surface area contributed by atoms with Crippen molar-refractivity contribution in [2.45, 2.75) is 50.0 Å². The van der Waals surface area contributed by atoms with E-state index in [0.717, 1.165) is 25.7 Å². The minimum Gasteiger partial charge on any atom is -0.398 e. The molecule has 0 aliphatic heterocycles. The molecule has 2 unspecified atom stereocenters. The lowest BCUT2D eigenvalue weighted by Gasteiger charge is -2.29. The van der Waals surface area contributed by atoms with Crippen molar-refractivity contribution in [2.24, 2.45) is 5.92 Å². The Balaban J connectivity index is 2.14. The molecule has 20 heavy (non-hydrogen) atoms. The van der Waals surface area contributed by atoms with E-state index in [0.29, 0.717) is 10.9 Å². The first-order chi connectivity index (χ1) is 9.42. The lowest BCUT2D eigenvalue weighted by atomic mass is 9.85. The molecule has 0 bridgehead atoms. The van der Waals surface area contributed by atoms with E-state index < -0.39 is 10.0 Å². The van der Waals surface area contributed by atoms with Crippen LogP contribution < -0.4 is 10.5 Å². The largest absolute Gasteiger partial charge is 0.398 e. The standard InChI is InChI=1S/C14H21ClN2O2S/c1-2-10-4-3-5-12(8-10)17-20(18,19)14-7-6-11(15)9-13(14)16/h6-7,9-10,12,17H,2-5,8,16H2,1H3. The van der Waals surface area contributed by atoms with Crippen LogP contribution in [-0.2, 0) is 10.0 Å². The summed E-state index contributed by atoms with van der Waals surface area (Å²) < 4.78 is 27.6. The monoisotopic (exact) mass is 316 g/mol. The molecule has 112 valence electrons. The minimum atomic E-state index is -3.57. The van der Waals surface area contributed by atoms with Gasteiger partial charge in [0.1, 0.15) is 4.90 Å². The highest BCUT2D eigenvalue weighted by Crippen LogP contribution is 2.28. The van der Waals surface area contributed by atoms with Crippen molar-refractivity contribution in [3.05, 3.63) is 23.2 Å². The van der Waals surface area contributed by atoms with Gasteiger partial charge >= 0.3 is 0 Å². The molecule has 0 spiro atoms. The molecular weight excluding hydrogens is 296 g/mol. The number of benzene rings is 1. The fourth-order valence-corrected chi connectivity index (χ4v) is 4.39. The van der Waals surface area contributed by atoms with Gasteiger partial charge in [-0.1, -0.05) is 37.8 Å². The van der Waals surface area contributed by atoms with E-state index in [1.165, 1.54) is 18.6 Å². The molecule has 0 saturated heterocycles. The van der Waals surface area contributed by atoms with Gasteiger partial charge in [-0.3, -0.25) is 0 Å². The van der Waals surface area contributed by atoms with E-state index in [2.05, 4.69) is 11.6 Å². The van der Waals surface area contributed by atoms with Crippen LogP contribution in [0.2, 0.25) is 5.02 Å². The van der Waals surface area contributed by atoms with Gasteiger partial charge in [0.15, 0.2) is 0 Å². The summed E-state index contributed by atoms with van der Waals surface area (Å²) in [5.74, 6) is 0.610. The van der Waals surface area contributed by atoms with Crippen LogP contribution in [0.1, 0.15) is 39.0 Å². The zero-order valence-corrected chi connectivity index (χ0v) is 13.2. The second-order valence-electron chi connectivity index (χ2n) is 5.44. The molecule has 3 N–H and O–H groups in total. The number of nitrogen functional groups attached to an aromatic ring is 1. The summed E-state index contributed by atoms with van der Waals surface area (Å²) in [6, 6.07) is 4.47. The number of hydrogen-bond acceptors (Lipinski definition) is 3. The van der Waals surface area contributed by atoms with Gasteiger partial charge in [-0.25, -0.2) is 13.1 Å². The Morgan fingerprint density at radius 3 is 2.80 bits per heavy atom. The lowest BCUT2D eigenvalue weighted by molar-refractivity contribution is 0.301. The van der Waals surface area contributed by atoms with Crippen LogP contribution in [-0.4, -0.2) is 14.5 Å². The van der Waals surface area contributed by atoms with Crippen molar-refractivity contribution in [1.82, 2.24) is 4.72 Å². The first kappa shape index (κ1) is 15.6. The summed E-state index contributed by atoms with van der Waals surface area (Å²) >= 11 is 5.80. The van der Waals surface area contributed by atoms with Gasteiger partial charge in [0, 0.05) is 11.1 Å². The minimum absolute atomic E-state index is 0.00813. The Bertz CT molecular complexity index is 575. The van der Waals surface area contributed by atoms with Crippen LogP contribution in [0, 0.1) is 5.92 Å². The highest BCUT2D eigenvalue weighted by Gasteiger charge is 2.26. The summed E-state index contributed by atoms with van der Waals surface area (Å²) in [5, 5.41) is 0.435. The molecule has 1 aliphatic carbocycles. The smallest absolute Gasteiger partial charge is 0.242 e. The topological polar surface area (TPSA) is 72.2 Å². The quantitative estimate of drug-likeness (QED) is 0.838. The Labute approximate surface area is 125 Å². The maximum atomic E-state index is 12.4. The molecule has 0 heterocycles. The van der Waals surface area contributed by atoms with E-state index in [9.17, 15) is 8.42 Å². The molecule has 2 rings (SSSR count). The first-order valence-electron chi connectivity index (χ1n) is 6.99. The predicted molar refractivity (Wildman–Crippen MR) is 82.2 cm³/mol. The van der Waals surface area contributed by atoms with Gasteiger partial charge in [0.05, 0.1) is 5.69 Å². The third kappa shape index (κ3) is 3.65. The number of sulfonamides is 1. The van der Waals surface area contributed by atoms with Gasteiger partial charge in [0.2, 0.25) is 10.0 Å². The van der Waals surface area contributed by atoms with Crippen molar-refractivity contribution < 1.29 is 8.42 Å². The average molecular weight is 317 g/mol. The summed E-state index contributed by atoms with van der Waals surface area (Å²) in [4.78, 5) is 0.112. The number of nitrogens with one attached hydrogen (secondary N) is 1. The Hall–Kier alpha value is -0.780. The molecule has 0 radical (unpaired) electrons. The SMILES string of the molecule is CCC1CCCC(NS(=O)(=O)c2ccc(Cl)cc2N)C1. The molecular formula is C14H21ClN2O2S. The Kier molecular flexibility index (Phi) is 4.94. The third-order valence-electron chi connectivity index (χ3n) is 3.94. The van der Waals surface area contributed by atoms with Crippen LogP contribution in [0.15, 0.2) is 23.1 Å². The predicted octanol–water partition coefficient (Wildman–Crippen LogP) is 3.17. The van der Waals surface area contributed by atoms with Gasteiger partial charge in [-0.2, -0.15) is 0 Å². The molecule has 0 amide bonds. The van der Waals surface area contributed by atoms with Crippen molar-refractivity contribution >= 4 is 27.3 Å². The number of halogens is 1. The molecule has 1 aromatic rings. The van der Waals surface area contributed by atoms with Crippen LogP contribution in [0.3, 0.4) is 0 Å². The van der Waals surface area contributed by atoms with Gasteiger partial charge in [0.25, 0.3) is 0 Å². The zero-order valence-electron chi connectivity index (χ0n) is 11.6. The van der Waals surface area contributed by atoms with Gasteiger partial charge < -0.3 is 5.73 Å². The van der Waals surface area contributed by atoms with Crippen molar-refractivity contribution in [3.63, 3.8) is 0 Å². The summed E-state index contributed by atoms with van der Waals surface area (Å²) in [6.45, 7) is 2.15. The second kappa shape index (κ2) is 6.33. The van der Waals surface area contributed by atoms with E-state index in [4.69, 9.17) is 17.3 Å². The van der Waals surface area contributed by atoms with Gasteiger partial charge in [-0.05, 0) is 37.0 Å². The molecule has 2 atom stereocenters. The fourth-order valence-electron chi connectivity index (χ4n) is 2.82. The number of hydrogen-bond donors (Lipinski definition) is 2. The third-order valence-corrected chi connectivity index (χ3v) is 5.77. The van der Waals surface area contributed by atoms with Gasteiger partial charge in [-0.15, -0.1) is 0 Å². The molecule has 1 aliphatic rings. The Morgan fingerprint density at radius 2 is 2.15 bits per heavy atom. The van der Waals surface area contributed by atoms with Crippen LogP contribution in [0.5, 0.6) is 0 Å². The normalized spacial score (nSPS) is 23.7. The lowest BCUT2D eigenvalue weighted by Crippen LogP contribution is -2.38. The van der Waals surface area contributed by atoms with Crippen molar-refractivity contribution in [1.29, 1.82) is 0 Å². The molecule has 1 aromatic carbocycles. The first-order valence-corrected chi connectivity index (χ1v) is 8.86. The summed E-state index contributed by atoms with van der Waals surface area (Å²) in [5.41, 5.74) is 5.95. The highest BCUT2D eigenvalue weighted by atomic mass is 35.5. The number of nitrogens with two attached hydrogens (primary N) is 1. The molecule has 0 aromatic heterocycles. The Morgan fingerprint density at radius 1 is 1.40 bits per heavy atom. The maximum absolute atomic E-state index is 12.4. The molecule has 4 nitrogen and oxygen atoms in total. The van der Waals surface area contributed by atoms with Crippen LogP contribution in [0.25, 0.3) is 0 Å². The maximum Gasteiger partial charge on any atom is 0.242 e. The summed E-state index contributed by atoms with van der Waals surface area (Å²) in [7, 11) is -3.57. The van der Waals surface area contributed by atoms with Crippen molar-refractivity contribution in [3.8, 4) is 0 Å². The van der Waals surface area contributed by atoms with Crippen LogP contribution in [0.4, 0.5) is 5.69 Å². The number of anilines is 1. The van der Waals surface area contributed by atoms with E-state index in [-0.39, 0.29) is 16.6 Å². The average Bonchev–Trinajstić information content (AvgIpc) is 2.37. The zero-order chi connectivity index (χ0) is 14.8. The van der Waals surface area contributed by atoms with E-state index in [1.807, 2.05) is 0 Å². The van der Waals surface area contributed by atoms with E-state index in [1.54, 1.807) is 6.07 Å². The summed E-state index contributed by atoms with van der Waals surface area (Å²) in [6.07, 6.45) is 5.16. The molecule has 6 heteroatoms. The van der Waals surface area contributed by atoms with Crippen LogP contribution >= 0.6 is 11.6 Å². The highest BCUT2D eigenvalue weighted by molar-refractivity contribution is 7.89. The van der Waals surface area contributed by atoms with Crippen molar-refractivity contribution in [2.75, 3.05) is 5.73 Å². The fraction of sp³-hybridized carbons (Fsp3) is 0.571. The molecule has 1 saturated carbocycles. The second-order valence-corrected chi connectivity index (χ2v) is 7.56. The van der Waals surface area contributed by atoms with E-state index >= 15 is 0 Å². The molecule has 1 fully saturated rings.